The summed E-state index contributed by atoms with van der Waals surface area (Å²) in [6, 6.07) is 0. The standard InChI is InChI=1S/C9H18O2S/c1-4-6-8-9(7-5-2)11-12(3)10/h4,9H,1,5-8H2,2-3H3. The quantitative estimate of drug-likeness (QED) is 0.576. The van der Waals surface area contributed by atoms with E-state index in [1.165, 1.54) is 0 Å². The summed E-state index contributed by atoms with van der Waals surface area (Å²) in [5.41, 5.74) is 0. The minimum atomic E-state index is -1.13. The first kappa shape index (κ1) is 11.8. The van der Waals surface area contributed by atoms with Gasteiger partial charge in [0.05, 0.1) is 6.10 Å². The molecular weight excluding hydrogens is 172 g/mol. The van der Waals surface area contributed by atoms with Crippen LogP contribution in [-0.2, 0) is 15.3 Å². The Morgan fingerprint density at radius 2 is 2.25 bits per heavy atom. The van der Waals surface area contributed by atoms with Gasteiger partial charge in [-0.2, -0.15) is 0 Å². The van der Waals surface area contributed by atoms with Gasteiger partial charge in [0.2, 0.25) is 0 Å². The molecule has 0 spiro atoms. The van der Waals surface area contributed by atoms with Crippen LogP contribution in [0.1, 0.15) is 32.6 Å². The molecule has 0 aromatic heterocycles. The van der Waals surface area contributed by atoms with Gasteiger partial charge in [0, 0.05) is 6.26 Å². The molecule has 0 aliphatic heterocycles. The lowest BCUT2D eigenvalue weighted by molar-refractivity contribution is 0.204. The molecule has 0 N–H and O–H groups in total. The predicted molar refractivity (Wildman–Crippen MR) is 53.3 cm³/mol. The van der Waals surface area contributed by atoms with Gasteiger partial charge in [0.1, 0.15) is 0 Å². The van der Waals surface area contributed by atoms with Crippen LogP contribution in [0.4, 0.5) is 0 Å². The Morgan fingerprint density at radius 3 is 2.67 bits per heavy atom. The molecule has 12 heavy (non-hydrogen) atoms. The van der Waals surface area contributed by atoms with Crippen LogP contribution in [0, 0.1) is 0 Å². The fourth-order valence-electron chi connectivity index (χ4n) is 1.06. The van der Waals surface area contributed by atoms with Gasteiger partial charge in [0.15, 0.2) is 11.1 Å². The van der Waals surface area contributed by atoms with Crippen LogP contribution in [0.15, 0.2) is 12.7 Å². The van der Waals surface area contributed by atoms with Crippen molar-refractivity contribution in [3.05, 3.63) is 12.7 Å². The highest BCUT2D eigenvalue weighted by Gasteiger charge is 2.08. The molecule has 72 valence electrons. The van der Waals surface area contributed by atoms with Gasteiger partial charge in [0.25, 0.3) is 0 Å². The van der Waals surface area contributed by atoms with Crippen molar-refractivity contribution in [1.82, 2.24) is 0 Å². The molecule has 0 saturated heterocycles. The van der Waals surface area contributed by atoms with Gasteiger partial charge in [-0.3, -0.25) is 4.18 Å². The Hall–Kier alpha value is -0.150. The summed E-state index contributed by atoms with van der Waals surface area (Å²) in [5, 5.41) is 0. The van der Waals surface area contributed by atoms with Crippen molar-refractivity contribution < 1.29 is 8.39 Å². The van der Waals surface area contributed by atoms with E-state index in [0.29, 0.717) is 0 Å². The number of hydrogen-bond donors (Lipinski definition) is 0. The normalized spacial score (nSPS) is 15.5. The van der Waals surface area contributed by atoms with Gasteiger partial charge in [-0.1, -0.05) is 19.4 Å². The Kier molecular flexibility index (Phi) is 7.40. The second-order valence-electron chi connectivity index (χ2n) is 2.77. The third kappa shape index (κ3) is 6.55. The zero-order chi connectivity index (χ0) is 9.40. The van der Waals surface area contributed by atoms with Crippen molar-refractivity contribution >= 4 is 11.1 Å². The minimum absolute atomic E-state index is 0.138. The maximum absolute atomic E-state index is 10.8. The van der Waals surface area contributed by atoms with Crippen LogP contribution in [0.3, 0.4) is 0 Å². The molecular formula is C9H18O2S. The molecule has 0 rings (SSSR count). The highest BCUT2D eigenvalue weighted by Crippen LogP contribution is 2.10. The molecule has 0 radical (unpaired) electrons. The van der Waals surface area contributed by atoms with E-state index >= 15 is 0 Å². The zero-order valence-corrected chi connectivity index (χ0v) is 8.73. The fraction of sp³-hybridized carbons (Fsp3) is 0.778. The van der Waals surface area contributed by atoms with Gasteiger partial charge in [-0.05, 0) is 19.3 Å². The highest BCUT2D eigenvalue weighted by atomic mass is 32.2. The minimum Gasteiger partial charge on any atom is -0.287 e. The molecule has 0 amide bonds. The summed E-state index contributed by atoms with van der Waals surface area (Å²) in [5.74, 6) is 0. The lowest BCUT2D eigenvalue weighted by Gasteiger charge is -2.13. The molecule has 0 aliphatic rings. The van der Waals surface area contributed by atoms with Crippen LogP contribution in [-0.4, -0.2) is 16.6 Å². The van der Waals surface area contributed by atoms with Crippen LogP contribution < -0.4 is 0 Å². The molecule has 0 aromatic carbocycles. The molecule has 2 unspecified atom stereocenters. The Bertz CT molecular complexity index is 145. The molecule has 0 aliphatic carbocycles. The monoisotopic (exact) mass is 190 g/mol. The first-order valence-electron chi connectivity index (χ1n) is 4.32. The molecule has 0 heterocycles. The third-order valence-corrected chi connectivity index (χ3v) is 2.12. The van der Waals surface area contributed by atoms with Crippen LogP contribution >= 0.6 is 0 Å². The first-order chi connectivity index (χ1) is 5.70. The maximum Gasteiger partial charge on any atom is 0.152 e. The van der Waals surface area contributed by atoms with E-state index in [2.05, 4.69) is 13.5 Å². The summed E-state index contributed by atoms with van der Waals surface area (Å²) < 4.78 is 16.0. The van der Waals surface area contributed by atoms with E-state index in [-0.39, 0.29) is 6.10 Å². The molecule has 0 saturated carbocycles. The van der Waals surface area contributed by atoms with Crippen molar-refractivity contribution in [2.75, 3.05) is 6.26 Å². The van der Waals surface area contributed by atoms with Crippen molar-refractivity contribution in [2.24, 2.45) is 0 Å². The second kappa shape index (κ2) is 7.50. The van der Waals surface area contributed by atoms with E-state index < -0.39 is 11.1 Å². The number of hydrogen-bond acceptors (Lipinski definition) is 2. The van der Waals surface area contributed by atoms with Gasteiger partial charge >= 0.3 is 0 Å². The number of allylic oxidation sites excluding steroid dienone is 1. The highest BCUT2D eigenvalue weighted by molar-refractivity contribution is 7.79. The van der Waals surface area contributed by atoms with Gasteiger partial charge < -0.3 is 0 Å². The van der Waals surface area contributed by atoms with Gasteiger partial charge in [-0.15, -0.1) is 6.58 Å². The van der Waals surface area contributed by atoms with E-state index in [4.69, 9.17) is 4.18 Å². The summed E-state index contributed by atoms with van der Waals surface area (Å²) in [6.07, 6.45) is 7.48. The Balaban J connectivity index is 3.68. The molecule has 3 heteroatoms. The lowest BCUT2D eigenvalue weighted by Crippen LogP contribution is -2.13. The Labute approximate surface area is 77.7 Å². The smallest absolute Gasteiger partial charge is 0.152 e. The summed E-state index contributed by atoms with van der Waals surface area (Å²) in [4.78, 5) is 0. The number of rotatable bonds is 7. The topological polar surface area (TPSA) is 26.3 Å². The van der Waals surface area contributed by atoms with Crippen molar-refractivity contribution in [2.45, 2.75) is 38.7 Å². The lowest BCUT2D eigenvalue weighted by atomic mass is 10.1. The summed E-state index contributed by atoms with van der Waals surface area (Å²) >= 11 is -1.13. The van der Waals surface area contributed by atoms with E-state index in [0.717, 1.165) is 25.7 Å². The van der Waals surface area contributed by atoms with Crippen LogP contribution in [0.25, 0.3) is 0 Å². The fourth-order valence-corrected chi connectivity index (χ4v) is 1.63. The molecule has 0 fully saturated rings. The first-order valence-corrected chi connectivity index (χ1v) is 5.80. The molecule has 2 nitrogen and oxygen atoms in total. The molecule has 2 atom stereocenters. The predicted octanol–water partition coefficient (Wildman–Crippen LogP) is 2.43. The second-order valence-corrected chi connectivity index (χ2v) is 3.77. The van der Waals surface area contributed by atoms with Crippen molar-refractivity contribution in [3.8, 4) is 0 Å². The van der Waals surface area contributed by atoms with Crippen molar-refractivity contribution in [1.29, 1.82) is 0 Å². The SMILES string of the molecule is C=CCCC(CCC)OS(C)=O. The van der Waals surface area contributed by atoms with E-state index in [1.807, 2.05) is 6.08 Å². The summed E-state index contributed by atoms with van der Waals surface area (Å²) in [7, 11) is 0. The molecule has 0 bridgehead atoms. The maximum atomic E-state index is 10.8. The average molecular weight is 190 g/mol. The van der Waals surface area contributed by atoms with E-state index in [9.17, 15) is 4.21 Å². The summed E-state index contributed by atoms with van der Waals surface area (Å²) in [6.45, 7) is 5.74. The van der Waals surface area contributed by atoms with Crippen molar-refractivity contribution in [3.63, 3.8) is 0 Å². The average Bonchev–Trinajstić information content (AvgIpc) is 2.00. The largest absolute Gasteiger partial charge is 0.287 e. The third-order valence-electron chi connectivity index (χ3n) is 1.58. The zero-order valence-electron chi connectivity index (χ0n) is 7.91. The van der Waals surface area contributed by atoms with Gasteiger partial charge in [-0.25, -0.2) is 4.21 Å². The van der Waals surface area contributed by atoms with E-state index in [1.54, 1.807) is 6.26 Å². The molecule has 0 aromatic rings. The Morgan fingerprint density at radius 1 is 1.58 bits per heavy atom. The van der Waals surface area contributed by atoms with Crippen LogP contribution in [0.5, 0.6) is 0 Å². The van der Waals surface area contributed by atoms with Crippen LogP contribution in [0.2, 0.25) is 0 Å².